The van der Waals surface area contributed by atoms with Crippen LogP contribution in [0.3, 0.4) is 0 Å². The third kappa shape index (κ3) is 3.96. The Bertz CT molecular complexity index is 1410. The van der Waals surface area contributed by atoms with Gasteiger partial charge in [0.05, 0.1) is 16.8 Å². The molecule has 0 amide bonds. The van der Waals surface area contributed by atoms with Crippen LogP contribution in [0.1, 0.15) is 16.8 Å². The van der Waals surface area contributed by atoms with E-state index in [1.165, 1.54) is 11.9 Å². The van der Waals surface area contributed by atoms with Gasteiger partial charge in [0.1, 0.15) is 12.1 Å². The molecule has 0 fully saturated rings. The summed E-state index contributed by atoms with van der Waals surface area (Å²) in [6.45, 7) is 2.08. The van der Waals surface area contributed by atoms with Gasteiger partial charge < -0.3 is 5.73 Å². The van der Waals surface area contributed by atoms with Crippen LogP contribution in [0.15, 0.2) is 85.3 Å². The zero-order chi connectivity index (χ0) is 21.9. The lowest BCUT2D eigenvalue weighted by molar-refractivity contribution is 1.19. The number of nitrogens with two attached hydrogens (primary N) is 1. The van der Waals surface area contributed by atoms with Gasteiger partial charge in [-0.15, -0.1) is 0 Å². The van der Waals surface area contributed by atoms with E-state index in [4.69, 9.17) is 10.7 Å². The normalized spacial score (nSPS) is 11.3. The summed E-state index contributed by atoms with van der Waals surface area (Å²) in [6.07, 6.45) is 7.29. The third-order valence-corrected chi connectivity index (χ3v) is 5.34. The van der Waals surface area contributed by atoms with Crippen molar-refractivity contribution in [2.24, 2.45) is 0 Å². The van der Waals surface area contributed by atoms with E-state index in [0.717, 1.165) is 39.0 Å². The van der Waals surface area contributed by atoms with Gasteiger partial charge in [-0.05, 0) is 42.3 Å². The molecule has 154 valence electrons. The number of fused-ring (bicyclic) bond motifs is 1. The highest BCUT2D eigenvalue weighted by Gasteiger charge is 2.14. The minimum atomic E-state index is 0.428. The molecule has 0 saturated heterocycles. The summed E-state index contributed by atoms with van der Waals surface area (Å²) in [7, 11) is 0. The number of aryl methyl sites for hydroxylation is 1. The number of benzene rings is 2. The predicted octanol–water partition coefficient (Wildman–Crippen LogP) is 5.81. The molecule has 3 aromatic heterocycles. The van der Waals surface area contributed by atoms with Crippen molar-refractivity contribution in [3.8, 4) is 22.4 Å². The molecule has 0 atom stereocenters. The van der Waals surface area contributed by atoms with Gasteiger partial charge in [-0.2, -0.15) is 0 Å². The molecule has 0 bridgehead atoms. The van der Waals surface area contributed by atoms with Gasteiger partial charge in [-0.3, -0.25) is 4.98 Å². The van der Waals surface area contributed by atoms with E-state index in [-0.39, 0.29) is 0 Å². The topological polar surface area (TPSA) is 77.6 Å². The summed E-state index contributed by atoms with van der Waals surface area (Å²) in [5.74, 6) is 0.428. The number of anilines is 1. The maximum Gasteiger partial charge on any atom is 0.165 e. The Morgan fingerprint density at radius 1 is 0.781 bits per heavy atom. The summed E-state index contributed by atoms with van der Waals surface area (Å²) < 4.78 is 0. The maximum absolute atomic E-state index is 6.11. The smallest absolute Gasteiger partial charge is 0.165 e. The molecular weight excluding hydrogens is 394 g/mol. The van der Waals surface area contributed by atoms with Crippen molar-refractivity contribution < 1.29 is 0 Å². The summed E-state index contributed by atoms with van der Waals surface area (Å²) >= 11 is 0. The molecule has 5 nitrogen and oxygen atoms in total. The van der Waals surface area contributed by atoms with Crippen LogP contribution < -0.4 is 5.73 Å². The summed E-state index contributed by atoms with van der Waals surface area (Å²) in [5, 5.41) is 0.752. The first kappa shape index (κ1) is 19.6. The molecule has 3 heterocycles. The Kier molecular flexibility index (Phi) is 5.14. The maximum atomic E-state index is 6.11. The van der Waals surface area contributed by atoms with Gasteiger partial charge in [-0.25, -0.2) is 15.0 Å². The highest BCUT2D eigenvalue weighted by molar-refractivity contribution is 5.94. The monoisotopic (exact) mass is 415 g/mol. The lowest BCUT2D eigenvalue weighted by Gasteiger charge is -2.12. The van der Waals surface area contributed by atoms with E-state index in [2.05, 4.69) is 76.5 Å². The van der Waals surface area contributed by atoms with Crippen LogP contribution in [-0.2, 0) is 0 Å². The van der Waals surface area contributed by atoms with Crippen LogP contribution >= 0.6 is 0 Å². The van der Waals surface area contributed by atoms with Gasteiger partial charge in [-0.1, -0.05) is 66.2 Å². The van der Waals surface area contributed by atoms with E-state index >= 15 is 0 Å². The standard InChI is InChI=1S/C27H21N5/c1-18-5-10-20(11-6-18)23-16-24-26(28)30-17-31-27(24)32-25(23)21-12-7-19(8-13-21)9-14-22-4-2-3-15-29-22/h2-17H,1H3,(H2,28,30,31,32). The number of hydrogen-bond acceptors (Lipinski definition) is 5. The van der Waals surface area contributed by atoms with Crippen LogP contribution in [0.5, 0.6) is 0 Å². The van der Waals surface area contributed by atoms with E-state index in [1.54, 1.807) is 6.20 Å². The van der Waals surface area contributed by atoms with Crippen molar-refractivity contribution in [2.45, 2.75) is 6.92 Å². The Hall–Kier alpha value is -4.38. The number of pyridine rings is 2. The highest BCUT2D eigenvalue weighted by Crippen LogP contribution is 2.34. The molecule has 2 aromatic carbocycles. The number of hydrogen-bond donors (Lipinski definition) is 1. The van der Waals surface area contributed by atoms with Crippen LogP contribution in [0.25, 0.3) is 45.6 Å². The number of nitrogens with zero attached hydrogens (tertiary/aromatic N) is 4. The quantitative estimate of drug-likeness (QED) is 0.400. The molecule has 0 spiro atoms. The number of aromatic nitrogens is 4. The first-order valence-corrected chi connectivity index (χ1v) is 10.4. The van der Waals surface area contributed by atoms with E-state index in [9.17, 15) is 0 Å². The number of rotatable bonds is 4. The molecule has 0 aliphatic rings. The van der Waals surface area contributed by atoms with Crippen LogP contribution in [-0.4, -0.2) is 19.9 Å². The minimum absolute atomic E-state index is 0.428. The molecule has 0 aliphatic heterocycles. The summed E-state index contributed by atoms with van der Waals surface area (Å²) in [6, 6.07) is 24.6. The SMILES string of the molecule is Cc1ccc(-c2cc3c(N)ncnc3nc2-c2ccc(C=Cc3ccccn3)cc2)cc1. The molecule has 0 aliphatic carbocycles. The molecule has 5 heteroatoms. The lowest BCUT2D eigenvalue weighted by Crippen LogP contribution is -1.98. The fraction of sp³-hybridized carbons (Fsp3) is 0.0370. The Morgan fingerprint density at radius 3 is 2.31 bits per heavy atom. The van der Waals surface area contributed by atoms with Crippen molar-refractivity contribution in [3.05, 3.63) is 102 Å². The Balaban J connectivity index is 1.59. The van der Waals surface area contributed by atoms with Gasteiger partial charge in [0, 0.05) is 17.3 Å². The van der Waals surface area contributed by atoms with Gasteiger partial charge in [0.2, 0.25) is 0 Å². The lowest BCUT2D eigenvalue weighted by atomic mass is 9.97. The van der Waals surface area contributed by atoms with E-state index in [0.29, 0.717) is 11.5 Å². The summed E-state index contributed by atoms with van der Waals surface area (Å²) in [4.78, 5) is 17.7. The van der Waals surface area contributed by atoms with E-state index < -0.39 is 0 Å². The highest BCUT2D eigenvalue weighted by atomic mass is 15.0. The van der Waals surface area contributed by atoms with Crippen molar-refractivity contribution in [1.29, 1.82) is 0 Å². The molecule has 0 saturated carbocycles. The summed E-state index contributed by atoms with van der Waals surface area (Å²) in [5.41, 5.74) is 13.9. The van der Waals surface area contributed by atoms with Crippen LogP contribution in [0.4, 0.5) is 5.82 Å². The Morgan fingerprint density at radius 2 is 1.56 bits per heavy atom. The largest absolute Gasteiger partial charge is 0.383 e. The van der Waals surface area contributed by atoms with Crippen molar-refractivity contribution in [1.82, 2.24) is 19.9 Å². The van der Waals surface area contributed by atoms with Gasteiger partial charge >= 0.3 is 0 Å². The molecule has 5 aromatic rings. The molecule has 0 radical (unpaired) electrons. The van der Waals surface area contributed by atoms with Crippen molar-refractivity contribution in [3.63, 3.8) is 0 Å². The van der Waals surface area contributed by atoms with E-state index in [1.807, 2.05) is 30.3 Å². The fourth-order valence-corrected chi connectivity index (χ4v) is 3.59. The predicted molar refractivity (Wildman–Crippen MR) is 131 cm³/mol. The second kappa shape index (κ2) is 8.40. The fourth-order valence-electron chi connectivity index (χ4n) is 3.59. The third-order valence-electron chi connectivity index (χ3n) is 5.34. The zero-order valence-corrected chi connectivity index (χ0v) is 17.6. The average Bonchev–Trinajstić information content (AvgIpc) is 2.84. The van der Waals surface area contributed by atoms with Crippen LogP contribution in [0.2, 0.25) is 0 Å². The van der Waals surface area contributed by atoms with Crippen LogP contribution in [0, 0.1) is 6.92 Å². The van der Waals surface area contributed by atoms with Crippen molar-refractivity contribution in [2.75, 3.05) is 5.73 Å². The molecule has 32 heavy (non-hydrogen) atoms. The zero-order valence-electron chi connectivity index (χ0n) is 17.6. The molecule has 0 unspecified atom stereocenters. The van der Waals surface area contributed by atoms with Crippen molar-refractivity contribution >= 4 is 29.0 Å². The van der Waals surface area contributed by atoms with Gasteiger partial charge in [0.25, 0.3) is 0 Å². The average molecular weight is 416 g/mol. The minimum Gasteiger partial charge on any atom is -0.383 e. The first-order chi connectivity index (χ1) is 15.7. The number of nitrogen functional groups attached to an aromatic ring is 1. The molecular formula is C27H21N5. The van der Waals surface area contributed by atoms with Gasteiger partial charge in [0.15, 0.2) is 5.65 Å². The second-order valence-corrected chi connectivity index (χ2v) is 7.59. The molecule has 2 N–H and O–H groups in total. The second-order valence-electron chi connectivity index (χ2n) is 7.59. The Labute approximate surface area is 186 Å². The first-order valence-electron chi connectivity index (χ1n) is 10.4. The molecule has 5 rings (SSSR count).